The topological polar surface area (TPSA) is 23.6 Å². The van der Waals surface area contributed by atoms with E-state index in [1.54, 1.807) is 35.2 Å². The number of anilines is 1. The smallest absolute Gasteiger partial charge is 0.261 e. The Morgan fingerprint density at radius 3 is 2.28 bits per heavy atom. The van der Waals surface area contributed by atoms with Crippen LogP contribution in [0, 0.1) is 17.5 Å². The third kappa shape index (κ3) is 4.97. The van der Waals surface area contributed by atoms with Gasteiger partial charge in [-0.15, -0.1) is 0 Å². The molecule has 0 N–H and O–H groups in total. The average molecular weight is 459 g/mol. The fraction of sp³-hybridized carbons (Fsp3) is 0.240. The van der Waals surface area contributed by atoms with Gasteiger partial charge in [-0.05, 0) is 66.9 Å². The van der Waals surface area contributed by atoms with Crippen LogP contribution in [0.25, 0.3) is 0 Å². The number of carbonyl (C=O) groups excluding carboxylic acids is 1. The zero-order chi connectivity index (χ0) is 22.7. The van der Waals surface area contributed by atoms with Gasteiger partial charge in [0.15, 0.2) is 0 Å². The lowest BCUT2D eigenvalue weighted by molar-refractivity contribution is 0.0954. The van der Waals surface area contributed by atoms with Crippen LogP contribution in [-0.4, -0.2) is 29.9 Å². The predicted molar refractivity (Wildman–Crippen MR) is 119 cm³/mol. The third-order valence-electron chi connectivity index (χ3n) is 5.74. The second kappa shape index (κ2) is 9.76. The Hall–Kier alpha value is -2.83. The number of piperidine rings is 1. The molecule has 166 valence electrons. The van der Waals surface area contributed by atoms with Crippen molar-refractivity contribution >= 4 is 23.2 Å². The highest BCUT2D eigenvalue weighted by atomic mass is 35.5. The molecule has 0 atom stereocenters. The van der Waals surface area contributed by atoms with Crippen molar-refractivity contribution in [2.75, 3.05) is 18.0 Å². The molecule has 0 unspecified atom stereocenters. The molecule has 4 rings (SSSR count). The quantitative estimate of drug-likeness (QED) is 0.463. The Balaban J connectivity index is 1.52. The Labute approximate surface area is 190 Å². The Bertz CT molecular complexity index is 1100. The zero-order valence-electron chi connectivity index (χ0n) is 17.3. The highest BCUT2D eigenvalue weighted by molar-refractivity contribution is 6.30. The van der Waals surface area contributed by atoms with Gasteiger partial charge in [-0.1, -0.05) is 29.8 Å². The minimum Gasteiger partial charge on any atom is -0.305 e. The van der Waals surface area contributed by atoms with Crippen molar-refractivity contribution in [2.45, 2.75) is 25.4 Å². The van der Waals surface area contributed by atoms with Gasteiger partial charge in [0.25, 0.3) is 5.91 Å². The molecule has 32 heavy (non-hydrogen) atoms. The van der Waals surface area contributed by atoms with Crippen LogP contribution in [0.15, 0.2) is 66.7 Å². The van der Waals surface area contributed by atoms with E-state index in [4.69, 9.17) is 11.6 Å². The van der Waals surface area contributed by atoms with Gasteiger partial charge in [0, 0.05) is 31.4 Å². The van der Waals surface area contributed by atoms with Gasteiger partial charge in [-0.2, -0.15) is 0 Å². The second-order valence-electron chi connectivity index (χ2n) is 7.89. The van der Waals surface area contributed by atoms with E-state index in [0.29, 0.717) is 38.2 Å². The van der Waals surface area contributed by atoms with Crippen molar-refractivity contribution in [3.05, 3.63) is 100 Å². The van der Waals surface area contributed by atoms with Gasteiger partial charge >= 0.3 is 0 Å². The first-order valence-electron chi connectivity index (χ1n) is 10.4. The molecule has 7 heteroatoms. The maximum Gasteiger partial charge on any atom is 0.261 e. The number of hydrogen-bond donors (Lipinski definition) is 0. The molecule has 0 spiro atoms. The van der Waals surface area contributed by atoms with Crippen LogP contribution in [0.3, 0.4) is 0 Å². The molecule has 0 aromatic heterocycles. The fourth-order valence-corrected chi connectivity index (χ4v) is 4.29. The monoisotopic (exact) mass is 458 g/mol. The van der Waals surface area contributed by atoms with Gasteiger partial charge in [0.05, 0.1) is 10.6 Å². The molecule has 0 bridgehead atoms. The van der Waals surface area contributed by atoms with Gasteiger partial charge in [0.2, 0.25) is 0 Å². The average Bonchev–Trinajstić information content (AvgIpc) is 2.79. The lowest BCUT2D eigenvalue weighted by Crippen LogP contribution is -2.47. The summed E-state index contributed by atoms with van der Waals surface area (Å²) in [5.41, 5.74) is 1.43. The third-order valence-corrected chi connectivity index (χ3v) is 6.03. The maximum absolute atomic E-state index is 14.4. The number of amides is 1. The molecular weight excluding hydrogens is 437 g/mol. The maximum atomic E-state index is 14.4. The SMILES string of the molecule is O=C(c1ccccc1F)N(c1ccc(F)cc1)C1CCN(Cc2ccc(F)c(Cl)c2)CC1. The Kier molecular flexibility index (Phi) is 6.82. The van der Waals surface area contributed by atoms with Gasteiger partial charge < -0.3 is 4.90 Å². The summed E-state index contributed by atoms with van der Waals surface area (Å²) in [7, 11) is 0. The van der Waals surface area contributed by atoms with Crippen LogP contribution in [0.5, 0.6) is 0 Å². The molecule has 1 aliphatic rings. The van der Waals surface area contributed by atoms with Crippen molar-refractivity contribution in [1.29, 1.82) is 0 Å². The van der Waals surface area contributed by atoms with Crippen LogP contribution in [0.2, 0.25) is 5.02 Å². The standard InChI is InChI=1S/C25H22ClF3N2O/c26-22-15-17(5-10-24(22)29)16-30-13-11-20(12-14-30)31(19-8-6-18(27)7-9-19)25(32)21-3-1-2-4-23(21)28/h1-10,15,20H,11-14,16H2. The van der Waals surface area contributed by atoms with E-state index in [0.717, 1.165) is 5.56 Å². The Morgan fingerprint density at radius 1 is 0.938 bits per heavy atom. The van der Waals surface area contributed by atoms with Crippen LogP contribution in [-0.2, 0) is 6.54 Å². The van der Waals surface area contributed by atoms with E-state index < -0.39 is 23.4 Å². The molecule has 3 aromatic rings. The summed E-state index contributed by atoms with van der Waals surface area (Å²) in [5.74, 6) is -1.88. The number of rotatable bonds is 5. The van der Waals surface area contributed by atoms with Crippen molar-refractivity contribution < 1.29 is 18.0 Å². The molecule has 1 saturated heterocycles. The summed E-state index contributed by atoms with van der Waals surface area (Å²) < 4.78 is 41.3. The van der Waals surface area contributed by atoms with Crippen molar-refractivity contribution in [1.82, 2.24) is 4.90 Å². The first kappa shape index (κ1) is 22.4. The molecule has 1 heterocycles. The summed E-state index contributed by atoms with van der Waals surface area (Å²) >= 11 is 5.89. The molecule has 0 saturated carbocycles. The molecule has 3 aromatic carbocycles. The van der Waals surface area contributed by atoms with E-state index in [-0.39, 0.29) is 16.6 Å². The molecular formula is C25H22ClF3N2O. The number of likely N-dealkylation sites (tertiary alicyclic amines) is 1. The molecule has 1 amide bonds. The van der Waals surface area contributed by atoms with Crippen molar-refractivity contribution in [3.63, 3.8) is 0 Å². The van der Waals surface area contributed by atoms with E-state index >= 15 is 0 Å². The number of nitrogens with zero attached hydrogens (tertiary/aromatic N) is 2. The zero-order valence-corrected chi connectivity index (χ0v) is 18.0. The summed E-state index contributed by atoms with van der Waals surface area (Å²) in [6, 6.07) is 16.1. The van der Waals surface area contributed by atoms with Crippen LogP contribution in [0.1, 0.15) is 28.8 Å². The minimum atomic E-state index is -0.588. The summed E-state index contributed by atoms with van der Waals surface area (Å²) in [6.45, 7) is 2.01. The number of hydrogen-bond acceptors (Lipinski definition) is 2. The van der Waals surface area contributed by atoms with Crippen LogP contribution >= 0.6 is 11.6 Å². The largest absolute Gasteiger partial charge is 0.305 e. The second-order valence-corrected chi connectivity index (χ2v) is 8.29. The van der Waals surface area contributed by atoms with Gasteiger partial charge in [-0.25, -0.2) is 13.2 Å². The van der Waals surface area contributed by atoms with Crippen molar-refractivity contribution in [3.8, 4) is 0 Å². The summed E-state index contributed by atoms with van der Waals surface area (Å²) in [5, 5.41) is 0.0929. The number of benzene rings is 3. The highest BCUT2D eigenvalue weighted by Gasteiger charge is 2.31. The van der Waals surface area contributed by atoms with E-state index in [2.05, 4.69) is 4.90 Å². The normalized spacial score (nSPS) is 15.0. The van der Waals surface area contributed by atoms with E-state index in [9.17, 15) is 18.0 Å². The Morgan fingerprint density at radius 2 is 1.62 bits per heavy atom. The van der Waals surface area contributed by atoms with Crippen molar-refractivity contribution in [2.24, 2.45) is 0 Å². The van der Waals surface area contributed by atoms with Gasteiger partial charge in [-0.3, -0.25) is 9.69 Å². The molecule has 0 radical (unpaired) electrons. The van der Waals surface area contributed by atoms with E-state index in [1.165, 1.54) is 36.4 Å². The fourth-order valence-electron chi connectivity index (χ4n) is 4.09. The van der Waals surface area contributed by atoms with Crippen LogP contribution < -0.4 is 4.90 Å². The number of halogens is 4. The molecule has 0 aliphatic carbocycles. The van der Waals surface area contributed by atoms with E-state index in [1.807, 2.05) is 0 Å². The molecule has 1 aliphatic heterocycles. The van der Waals surface area contributed by atoms with Gasteiger partial charge in [0.1, 0.15) is 17.5 Å². The molecule has 3 nitrogen and oxygen atoms in total. The molecule has 1 fully saturated rings. The highest BCUT2D eigenvalue weighted by Crippen LogP contribution is 2.28. The predicted octanol–water partition coefficient (Wildman–Crippen LogP) is 6.07. The first-order valence-corrected chi connectivity index (χ1v) is 10.8. The first-order chi connectivity index (χ1) is 15.4. The lowest BCUT2D eigenvalue weighted by Gasteiger charge is -2.38. The summed E-state index contributed by atoms with van der Waals surface area (Å²) in [4.78, 5) is 17.1. The summed E-state index contributed by atoms with van der Waals surface area (Å²) in [6.07, 6.45) is 1.32. The van der Waals surface area contributed by atoms with Crippen LogP contribution in [0.4, 0.5) is 18.9 Å². The minimum absolute atomic E-state index is 0.0137. The lowest BCUT2D eigenvalue weighted by atomic mass is 10.00. The number of carbonyl (C=O) groups is 1.